The molecule has 0 aliphatic rings. The Hall–Kier alpha value is -1.91. The molecule has 5 heteroatoms. The van der Waals surface area contributed by atoms with Crippen molar-refractivity contribution >= 4 is 11.9 Å². The van der Waals surface area contributed by atoms with Gasteiger partial charge < -0.3 is 9.47 Å². The van der Waals surface area contributed by atoms with E-state index >= 15 is 0 Å². The van der Waals surface area contributed by atoms with Gasteiger partial charge in [0.05, 0.1) is 6.61 Å². The Balaban J connectivity index is 2.74. The summed E-state index contributed by atoms with van der Waals surface area (Å²) in [6.07, 6.45) is 0.722. The lowest BCUT2D eigenvalue weighted by molar-refractivity contribution is 0.0206. The predicted molar refractivity (Wildman–Crippen MR) is 83.7 cm³/mol. The van der Waals surface area contributed by atoms with E-state index in [1.54, 1.807) is 6.07 Å². The van der Waals surface area contributed by atoms with E-state index in [4.69, 9.17) is 9.47 Å². The summed E-state index contributed by atoms with van der Waals surface area (Å²) in [4.78, 5) is 28.0. The van der Waals surface area contributed by atoms with E-state index in [1.807, 2.05) is 34.6 Å². The van der Waals surface area contributed by atoms with Crippen molar-refractivity contribution in [3.05, 3.63) is 29.6 Å². The number of nitrogens with zero attached hydrogens (tertiary/aromatic N) is 1. The van der Waals surface area contributed by atoms with Gasteiger partial charge in [0, 0.05) is 0 Å². The Morgan fingerprint density at radius 2 is 1.68 bits per heavy atom. The minimum Gasteiger partial charge on any atom is -0.461 e. The lowest BCUT2D eigenvalue weighted by Gasteiger charge is -2.18. The smallest absolute Gasteiger partial charge is 0.357 e. The van der Waals surface area contributed by atoms with Gasteiger partial charge >= 0.3 is 11.9 Å². The third-order valence-corrected chi connectivity index (χ3v) is 3.45. The van der Waals surface area contributed by atoms with Gasteiger partial charge in [-0.05, 0) is 30.9 Å². The minimum absolute atomic E-state index is 0.117. The van der Waals surface area contributed by atoms with E-state index in [0.29, 0.717) is 6.61 Å². The zero-order chi connectivity index (χ0) is 16.7. The third-order valence-electron chi connectivity index (χ3n) is 3.45. The normalized spacial score (nSPS) is 13.5. The van der Waals surface area contributed by atoms with Crippen molar-refractivity contribution < 1.29 is 19.1 Å². The molecule has 2 atom stereocenters. The molecule has 0 amide bonds. The standard InChI is InChI=1S/C17H25NO4/c1-6-12(4)13(5)22-17(20)15-9-7-8-14(18-15)16(19)21-10-11(2)3/h7-9,11-13H,6,10H2,1-5H3. The number of aromatic nitrogens is 1. The van der Waals surface area contributed by atoms with Crippen LogP contribution in [-0.4, -0.2) is 29.6 Å². The molecule has 0 aromatic carbocycles. The second kappa shape index (κ2) is 8.51. The molecule has 22 heavy (non-hydrogen) atoms. The highest BCUT2D eigenvalue weighted by atomic mass is 16.5. The molecule has 2 unspecified atom stereocenters. The Morgan fingerprint density at radius 3 is 2.23 bits per heavy atom. The Bertz CT molecular complexity index is 513. The van der Waals surface area contributed by atoms with Gasteiger partial charge in [0.2, 0.25) is 0 Å². The lowest BCUT2D eigenvalue weighted by atomic mass is 10.0. The Morgan fingerprint density at radius 1 is 1.09 bits per heavy atom. The summed E-state index contributed by atoms with van der Waals surface area (Å²) in [6.45, 7) is 10.1. The summed E-state index contributed by atoms with van der Waals surface area (Å²) < 4.78 is 10.5. The molecule has 0 radical (unpaired) electrons. The van der Waals surface area contributed by atoms with Crippen LogP contribution in [0.4, 0.5) is 0 Å². The van der Waals surface area contributed by atoms with E-state index < -0.39 is 11.9 Å². The predicted octanol–water partition coefficient (Wildman–Crippen LogP) is 3.49. The van der Waals surface area contributed by atoms with Gasteiger partial charge in [-0.2, -0.15) is 0 Å². The van der Waals surface area contributed by atoms with Crippen molar-refractivity contribution in [2.24, 2.45) is 11.8 Å². The summed E-state index contributed by atoms with van der Waals surface area (Å²) in [5, 5.41) is 0. The first kappa shape index (κ1) is 18.1. The number of carbonyl (C=O) groups excluding carboxylic acids is 2. The maximum atomic E-state index is 12.1. The summed E-state index contributed by atoms with van der Waals surface area (Å²) in [5.74, 6) is -0.541. The second-order valence-corrected chi connectivity index (χ2v) is 5.90. The molecule has 0 spiro atoms. The average molecular weight is 307 g/mol. The van der Waals surface area contributed by atoms with E-state index in [-0.39, 0.29) is 29.3 Å². The number of hydrogen-bond donors (Lipinski definition) is 0. The highest BCUT2D eigenvalue weighted by Gasteiger charge is 2.19. The SMILES string of the molecule is CCC(C)C(C)OC(=O)c1cccc(C(=O)OCC(C)C)n1. The van der Waals surface area contributed by atoms with Crippen LogP contribution in [0.25, 0.3) is 0 Å². The summed E-state index contributed by atoms with van der Waals surface area (Å²) in [6, 6.07) is 4.66. The molecule has 1 aromatic heterocycles. The van der Waals surface area contributed by atoms with Crippen molar-refractivity contribution in [1.82, 2.24) is 4.98 Å². The van der Waals surface area contributed by atoms with Crippen LogP contribution in [0.15, 0.2) is 18.2 Å². The lowest BCUT2D eigenvalue weighted by Crippen LogP contribution is -2.23. The quantitative estimate of drug-likeness (QED) is 0.721. The number of rotatable bonds is 7. The van der Waals surface area contributed by atoms with Crippen LogP contribution in [0.3, 0.4) is 0 Å². The minimum atomic E-state index is -0.529. The fourth-order valence-electron chi connectivity index (χ4n) is 1.66. The van der Waals surface area contributed by atoms with Crippen LogP contribution in [0, 0.1) is 11.8 Å². The first-order valence-corrected chi connectivity index (χ1v) is 7.70. The summed E-state index contributed by atoms with van der Waals surface area (Å²) in [7, 11) is 0. The Labute approximate surface area is 132 Å². The number of hydrogen-bond acceptors (Lipinski definition) is 5. The highest BCUT2D eigenvalue weighted by Crippen LogP contribution is 2.13. The van der Waals surface area contributed by atoms with Crippen LogP contribution in [-0.2, 0) is 9.47 Å². The van der Waals surface area contributed by atoms with Crippen molar-refractivity contribution in [2.75, 3.05) is 6.61 Å². The van der Waals surface area contributed by atoms with Crippen molar-refractivity contribution in [2.45, 2.75) is 47.1 Å². The summed E-state index contributed by atoms with van der Waals surface area (Å²) >= 11 is 0. The molecule has 1 aromatic rings. The van der Waals surface area contributed by atoms with Gasteiger partial charge in [-0.3, -0.25) is 0 Å². The molecule has 0 fully saturated rings. The van der Waals surface area contributed by atoms with E-state index in [9.17, 15) is 9.59 Å². The molecule has 1 heterocycles. The monoisotopic (exact) mass is 307 g/mol. The molecule has 0 bridgehead atoms. The van der Waals surface area contributed by atoms with Crippen molar-refractivity contribution in [3.63, 3.8) is 0 Å². The third kappa shape index (κ3) is 5.47. The van der Waals surface area contributed by atoms with E-state index in [1.165, 1.54) is 12.1 Å². The number of carbonyl (C=O) groups is 2. The van der Waals surface area contributed by atoms with Gasteiger partial charge in [0.1, 0.15) is 17.5 Å². The number of esters is 2. The van der Waals surface area contributed by atoms with Crippen LogP contribution in [0.5, 0.6) is 0 Å². The van der Waals surface area contributed by atoms with Crippen molar-refractivity contribution in [1.29, 1.82) is 0 Å². The fourth-order valence-corrected chi connectivity index (χ4v) is 1.66. The molecular weight excluding hydrogens is 282 g/mol. The molecule has 0 saturated heterocycles. The van der Waals surface area contributed by atoms with Gasteiger partial charge in [-0.25, -0.2) is 14.6 Å². The first-order valence-electron chi connectivity index (χ1n) is 7.70. The van der Waals surface area contributed by atoms with Crippen LogP contribution < -0.4 is 0 Å². The molecule has 1 rings (SSSR count). The number of ether oxygens (including phenoxy) is 2. The van der Waals surface area contributed by atoms with Gasteiger partial charge in [0.25, 0.3) is 0 Å². The zero-order valence-corrected chi connectivity index (χ0v) is 14.0. The second-order valence-electron chi connectivity index (χ2n) is 5.90. The molecule has 0 saturated carbocycles. The topological polar surface area (TPSA) is 65.5 Å². The molecule has 0 N–H and O–H groups in total. The first-order chi connectivity index (χ1) is 10.3. The molecule has 5 nitrogen and oxygen atoms in total. The fraction of sp³-hybridized carbons (Fsp3) is 0.588. The van der Waals surface area contributed by atoms with Gasteiger partial charge in [0.15, 0.2) is 0 Å². The molecule has 0 aliphatic carbocycles. The zero-order valence-electron chi connectivity index (χ0n) is 14.0. The Kier molecular flexibility index (Phi) is 7.02. The molecule has 122 valence electrons. The van der Waals surface area contributed by atoms with Crippen LogP contribution in [0.2, 0.25) is 0 Å². The van der Waals surface area contributed by atoms with Crippen molar-refractivity contribution in [3.8, 4) is 0 Å². The number of pyridine rings is 1. The van der Waals surface area contributed by atoms with Crippen LogP contribution >= 0.6 is 0 Å². The van der Waals surface area contributed by atoms with E-state index in [0.717, 1.165) is 6.42 Å². The van der Waals surface area contributed by atoms with Gasteiger partial charge in [-0.1, -0.05) is 40.2 Å². The molecular formula is C17H25NO4. The molecule has 0 aliphatic heterocycles. The van der Waals surface area contributed by atoms with Crippen LogP contribution in [0.1, 0.15) is 62.0 Å². The summed E-state index contributed by atoms with van der Waals surface area (Å²) in [5.41, 5.74) is 0.237. The largest absolute Gasteiger partial charge is 0.461 e. The maximum absolute atomic E-state index is 12.1. The average Bonchev–Trinajstić information content (AvgIpc) is 2.51. The maximum Gasteiger partial charge on any atom is 0.357 e. The van der Waals surface area contributed by atoms with E-state index in [2.05, 4.69) is 4.98 Å². The highest BCUT2D eigenvalue weighted by molar-refractivity contribution is 5.91. The van der Waals surface area contributed by atoms with Gasteiger partial charge in [-0.15, -0.1) is 0 Å².